The van der Waals surface area contributed by atoms with Crippen molar-refractivity contribution in [3.05, 3.63) is 70.9 Å². The molecule has 2 aromatic carbocycles. The number of rotatable bonds is 7. The average Bonchev–Trinajstić information content (AvgIpc) is 2.80. The highest BCUT2D eigenvalue weighted by Crippen LogP contribution is 2.39. The first-order valence-corrected chi connectivity index (χ1v) is 11.3. The summed E-state index contributed by atoms with van der Waals surface area (Å²) in [7, 11) is 3.51. The van der Waals surface area contributed by atoms with E-state index < -0.39 is 6.04 Å². The molecule has 0 saturated heterocycles. The average molecular weight is 441 g/mol. The number of hydrogen-bond acceptors (Lipinski definition) is 7. The molecule has 1 atom stereocenters. The number of esters is 1. The lowest BCUT2D eigenvalue weighted by molar-refractivity contribution is -0.139. The molecule has 1 aliphatic heterocycles. The van der Waals surface area contributed by atoms with Crippen LogP contribution in [0.2, 0.25) is 0 Å². The van der Waals surface area contributed by atoms with Gasteiger partial charge >= 0.3 is 5.97 Å². The van der Waals surface area contributed by atoms with Gasteiger partial charge in [-0.3, -0.25) is 0 Å². The van der Waals surface area contributed by atoms with Crippen molar-refractivity contribution in [2.75, 3.05) is 27.0 Å². The van der Waals surface area contributed by atoms with Crippen molar-refractivity contribution in [1.29, 1.82) is 0 Å². The van der Waals surface area contributed by atoms with E-state index in [0.717, 1.165) is 22.0 Å². The van der Waals surface area contributed by atoms with Crippen LogP contribution in [0.4, 0.5) is 0 Å². The number of nitrogens with zero attached hydrogens (tertiary/aromatic N) is 2. The molecule has 0 amide bonds. The van der Waals surface area contributed by atoms with E-state index in [1.54, 1.807) is 14.0 Å². The Kier molecular flexibility index (Phi) is 7.63. The van der Waals surface area contributed by atoms with E-state index >= 15 is 0 Å². The second-order valence-electron chi connectivity index (χ2n) is 6.98. The minimum atomic E-state index is -0.477. The summed E-state index contributed by atoms with van der Waals surface area (Å²) >= 11 is 1.54. The van der Waals surface area contributed by atoms with Crippen molar-refractivity contribution in [3.8, 4) is 11.5 Å². The van der Waals surface area contributed by atoms with Crippen LogP contribution in [0, 0.1) is 0 Å². The maximum absolute atomic E-state index is 12.8. The van der Waals surface area contributed by atoms with Gasteiger partial charge in [0.2, 0.25) is 0 Å². The predicted octanol–water partition coefficient (Wildman–Crippen LogP) is 4.82. The number of hydrogen-bond donors (Lipinski definition) is 0. The first-order chi connectivity index (χ1) is 15.0. The van der Waals surface area contributed by atoms with Gasteiger partial charge in [-0.2, -0.15) is 0 Å². The van der Waals surface area contributed by atoms with E-state index in [4.69, 9.17) is 19.2 Å². The molecular weight excluding hydrogens is 412 g/mol. The summed E-state index contributed by atoms with van der Waals surface area (Å²) in [4.78, 5) is 19.5. The Labute approximate surface area is 187 Å². The fourth-order valence-electron chi connectivity index (χ4n) is 3.39. The van der Waals surface area contributed by atoms with Crippen molar-refractivity contribution in [2.45, 2.75) is 26.5 Å². The highest BCUT2D eigenvalue weighted by molar-refractivity contribution is 8.13. The second kappa shape index (κ2) is 10.4. The number of carbonyl (C=O) groups is 1. The van der Waals surface area contributed by atoms with Gasteiger partial charge in [0.25, 0.3) is 0 Å². The van der Waals surface area contributed by atoms with Crippen LogP contribution in [0.1, 0.15) is 31.0 Å². The normalized spacial score (nSPS) is 16.1. The van der Waals surface area contributed by atoms with E-state index in [2.05, 4.69) is 0 Å². The SMILES string of the molecule is CCOC(=O)C1=C(C)N(C)C(SC)=N[C@H]1c1ccc(OCc2ccccc2)c(OC)c1. The molecule has 0 saturated carbocycles. The van der Waals surface area contributed by atoms with Gasteiger partial charge in [-0.1, -0.05) is 48.2 Å². The lowest BCUT2D eigenvalue weighted by atomic mass is 9.96. The fraction of sp³-hybridized carbons (Fsp3) is 0.333. The Morgan fingerprint density at radius 3 is 2.55 bits per heavy atom. The lowest BCUT2D eigenvalue weighted by Crippen LogP contribution is -2.32. The molecule has 7 heteroatoms. The van der Waals surface area contributed by atoms with Gasteiger partial charge in [-0.15, -0.1) is 0 Å². The molecule has 0 aliphatic carbocycles. The number of amidine groups is 1. The number of allylic oxidation sites excluding steroid dienone is 1. The zero-order valence-electron chi connectivity index (χ0n) is 18.5. The number of methoxy groups -OCH3 is 1. The van der Waals surface area contributed by atoms with Gasteiger partial charge < -0.3 is 19.1 Å². The van der Waals surface area contributed by atoms with Crippen LogP contribution in [0.3, 0.4) is 0 Å². The quantitative estimate of drug-likeness (QED) is 0.576. The summed E-state index contributed by atoms with van der Waals surface area (Å²) in [6, 6.07) is 15.1. The van der Waals surface area contributed by atoms with Gasteiger partial charge in [-0.05, 0) is 43.4 Å². The molecule has 31 heavy (non-hydrogen) atoms. The summed E-state index contributed by atoms with van der Waals surface area (Å²) in [6.07, 6.45) is 1.97. The number of carbonyl (C=O) groups excluding carboxylic acids is 1. The van der Waals surface area contributed by atoms with Crippen molar-refractivity contribution >= 4 is 22.9 Å². The van der Waals surface area contributed by atoms with Crippen LogP contribution < -0.4 is 9.47 Å². The number of ether oxygens (including phenoxy) is 3. The van der Waals surface area contributed by atoms with Crippen LogP contribution in [0.15, 0.2) is 64.8 Å². The standard InChI is InChI=1S/C24H28N2O4S/c1-6-29-23(27)21-16(2)26(3)24(31-5)25-22(21)18-12-13-19(20(14-18)28-4)30-15-17-10-8-7-9-11-17/h7-14,22H,6,15H2,1-5H3/t22-/m0/s1. The van der Waals surface area contributed by atoms with Crippen molar-refractivity contribution < 1.29 is 19.0 Å². The molecule has 0 fully saturated rings. The van der Waals surface area contributed by atoms with Crippen molar-refractivity contribution in [3.63, 3.8) is 0 Å². The molecule has 6 nitrogen and oxygen atoms in total. The molecule has 0 N–H and O–H groups in total. The minimum absolute atomic E-state index is 0.306. The molecule has 3 rings (SSSR count). The van der Waals surface area contributed by atoms with E-state index in [9.17, 15) is 4.79 Å². The Morgan fingerprint density at radius 1 is 1.16 bits per heavy atom. The smallest absolute Gasteiger partial charge is 0.338 e. The van der Waals surface area contributed by atoms with Crippen LogP contribution in [-0.4, -0.2) is 43.1 Å². The van der Waals surface area contributed by atoms with E-state index in [0.29, 0.717) is 30.3 Å². The van der Waals surface area contributed by atoms with Gasteiger partial charge in [0.1, 0.15) is 12.6 Å². The van der Waals surface area contributed by atoms with Crippen molar-refractivity contribution in [2.24, 2.45) is 4.99 Å². The van der Waals surface area contributed by atoms with Gasteiger partial charge in [0.05, 0.1) is 19.3 Å². The molecule has 1 heterocycles. The van der Waals surface area contributed by atoms with E-state index in [-0.39, 0.29) is 5.97 Å². The number of aliphatic imine (C=N–C) groups is 1. The van der Waals surface area contributed by atoms with Crippen LogP contribution in [-0.2, 0) is 16.1 Å². The fourth-order valence-corrected chi connectivity index (χ4v) is 4.01. The molecule has 0 bridgehead atoms. The molecule has 2 aromatic rings. The monoisotopic (exact) mass is 440 g/mol. The highest BCUT2D eigenvalue weighted by atomic mass is 32.2. The third-order valence-corrected chi connectivity index (χ3v) is 5.86. The minimum Gasteiger partial charge on any atom is -0.493 e. The molecule has 164 valence electrons. The molecule has 0 spiro atoms. The molecule has 0 unspecified atom stereocenters. The third-order valence-electron chi connectivity index (χ3n) is 5.11. The lowest BCUT2D eigenvalue weighted by Gasteiger charge is -2.31. The first-order valence-electron chi connectivity index (χ1n) is 10.1. The largest absolute Gasteiger partial charge is 0.493 e. The van der Waals surface area contributed by atoms with Crippen LogP contribution in [0.5, 0.6) is 11.5 Å². The molecular formula is C24H28N2O4S. The number of thioether (sulfide) groups is 1. The summed E-state index contributed by atoms with van der Waals surface area (Å²) in [5, 5.41) is 0.832. The Morgan fingerprint density at radius 2 is 1.90 bits per heavy atom. The maximum Gasteiger partial charge on any atom is 0.338 e. The summed E-state index contributed by atoms with van der Waals surface area (Å²) in [6.45, 7) is 4.46. The van der Waals surface area contributed by atoms with Gasteiger partial charge in [0.15, 0.2) is 16.7 Å². The third kappa shape index (κ3) is 5.05. The summed E-state index contributed by atoms with van der Waals surface area (Å²) in [5.74, 6) is 0.869. The maximum atomic E-state index is 12.8. The van der Waals surface area contributed by atoms with Crippen LogP contribution >= 0.6 is 11.8 Å². The van der Waals surface area contributed by atoms with E-state index in [1.165, 1.54) is 11.8 Å². The molecule has 0 radical (unpaired) electrons. The first kappa shape index (κ1) is 22.7. The zero-order chi connectivity index (χ0) is 22.4. The summed E-state index contributed by atoms with van der Waals surface area (Å²) < 4.78 is 16.9. The Balaban J connectivity index is 1.95. The Hall–Kier alpha value is -2.93. The second-order valence-corrected chi connectivity index (χ2v) is 7.75. The van der Waals surface area contributed by atoms with Gasteiger partial charge in [-0.25, -0.2) is 9.79 Å². The van der Waals surface area contributed by atoms with Crippen LogP contribution in [0.25, 0.3) is 0 Å². The Bertz CT molecular complexity index is 988. The van der Waals surface area contributed by atoms with Gasteiger partial charge in [0, 0.05) is 12.7 Å². The zero-order valence-corrected chi connectivity index (χ0v) is 19.4. The highest BCUT2D eigenvalue weighted by Gasteiger charge is 2.33. The van der Waals surface area contributed by atoms with E-state index in [1.807, 2.05) is 73.7 Å². The van der Waals surface area contributed by atoms with Crippen molar-refractivity contribution in [1.82, 2.24) is 4.90 Å². The molecule has 1 aliphatic rings. The number of benzene rings is 2. The topological polar surface area (TPSA) is 60.4 Å². The predicted molar refractivity (Wildman–Crippen MR) is 125 cm³/mol. The summed E-state index contributed by atoms with van der Waals surface area (Å²) in [5.41, 5.74) is 3.26. The molecule has 0 aromatic heterocycles.